The van der Waals surface area contributed by atoms with E-state index in [9.17, 15) is 0 Å². The Labute approximate surface area is 74.3 Å². The number of hydrogen-bond acceptors (Lipinski definition) is 5. The van der Waals surface area contributed by atoms with E-state index in [1.165, 1.54) is 12.1 Å². The molecule has 0 rings (SSSR count). The first-order valence-electron chi connectivity index (χ1n) is 2.22. The van der Waals surface area contributed by atoms with Crippen molar-refractivity contribution < 1.29 is 17.5 Å². The van der Waals surface area contributed by atoms with E-state index < -0.39 is 10.4 Å². The lowest BCUT2D eigenvalue weighted by Crippen LogP contribution is -2.20. The van der Waals surface area contributed by atoms with Crippen LogP contribution in [0.3, 0.4) is 0 Å². The summed E-state index contributed by atoms with van der Waals surface area (Å²) in [5.74, 6) is -0.333. The average molecular weight is 209 g/mol. The molecule has 0 aliphatic carbocycles. The summed E-state index contributed by atoms with van der Waals surface area (Å²) < 4.78 is 31.6. The van der Waals surface area contributed by atoms with Gasteiger partial charge < -0.3 is 11.5 Å². The normalized spacial score (nSPS) is 7.08. The first-order chi connectivity index (χ1) is 5.65. The van der Waals surface area contributed by atoms with Gasteiger partial charge >= 0.3 is 10.4 Å². The molecule has 0 aromatic carbocycles. The van der Waals surface area contributed by atoms with Gasteiger partial charge in [-0.15, -0.1) is 0 Å². The molecule has 0 heterocycles. The van der Waals surface area contributed by atoms with Gasteiger partial charge in [-0.05, 0) is 0 Å². The van der Waals surface area contributed by atoms with Gasteiger partial charge in [0.15, 0.2) is 18.1 Å². The first kappa shape index (κ1) is 17.3. The molecule has 0 aliphatic rings. The highest BCUT2D eigenvalue weighted by Crippen LogP contribution is 1.59. The average Bonchev–Trinajstić information content (AvgIpc) is 1.82. The largest absolute Gasteiger partial charge is 0.394 e. The predicted molar refractivity (Wildman–Crippen MR) is 41.5 cm³/mol. The van der Waals surface area contributed by atoms with Gasteiger partial charge in [0.2, 0.25) is 0 Å². The molecule has 0 atom stereocenters. The van der Waals surface area contributed by atoms with Crippen molar-refractivity contribution in [1.82, 2.24) is 0 Å². The van der Waals surface area contributed by atoms with Crippen LogP contribution in [-0.2, 0) is 10.4 Å². The Bertz CT molecular complexity index is 284. The van der Waals surface area contributed by atoms with Crippen LogP contribution in [0.2, 0.25) is 0 Å². The van der Waals surface area contributed by atoms with Crippen LogP contribution in [0.1, 0.15) is 0 Å². The van der Waals surface area contributed by atoms with Crippen molar-refractivity contribution in [1.29, 1.82) is 15.9 Å². The summed E-state index contributed by atoms with van der Waals surface area (Å²) in [6.07, 6.45) is 0. The molecule has 0 radical (unpaired) electrons. The van der Waals surface area contributed by atoms with Crippen LogP contribution in [0.4, 0.5) is 0 Å². The highest BCUT2D eigenvalue weighted by atomic mass is 32.3. The third-order valence-electron chi connectivity index (χ3n) is 0.0500. The molecule has 0 aromatic rings. The second-order valence-corrected chi connectivity index (χ2v) is 2.02. The van der Waals surface area contributed by atoms with Crippen molar-refractivity contribution >= 4 is 16.4 Å². The molecule has 0 saturated heterocycles. The molecule has 74 valence electrons. The van der Waals surface area contributed by atoms with Gasteiger partial charge in [-0.25, -0.2) is 0 Å². The molecule has 13 heavy (non-hydrogen) atoms. The zero-order valence-corrected chi connectivity index (χ0v) is 6.98. The van der Waals surface area contributed by atoms with Crippen LogP contribution in [0.5, 0.6) is 0 Å². The molecule has 9 nitrogen and oxygen atoms in total. The van der Waals surface area contributed by atoms with Crippen molar-refractivity contribution in [2.75, 3.05) is 0 Å². The van der Waals surface area contributed by atoms with Gasteiger partial charge in [0, 0.05) is 0 Å². The van der Waals surface area contributed by atoms with Crippen LogP contribution in [0, 0.1) is 28.1 Å². The van der Waals surface area contributed by atoms with Crippen molar-refractivity contribution in [3.63, 3.8) is 0 Å². The maximum absolute atomic E-state index is 8.74. The van der Waals surface area contributed by atoms with Crippen LogP contribution < -0.4 is 11.5 Å². The number of nitriles is 2. The Hall–Kier alpha value is -1.88. The molecule has 0 aromatic heterocycles. The summed E-state index contributed by atoms with van der Waals surface area (Å²) >= 11 is 0. The first-order valence-corrected chi connectivity index (χ1v) is 3.62. The van der Waals surface area contributed by atoms with Gasteiger partial charge in [0.05, 0.1) is 0 Å². The molecule has 7 N–H and O–H groups in total. The summed E-state index contributed by atoms with van der Waals surface area (Å²) in [6, 6.07) is 2.47. The lowest BCUT2D eigenvalue weighted by atomic mass is 10.9. The van der Waals surface area contributed by atoms with Crippen LogP contribution in [-0.4, -0.2) is 23.5 Å². The van der Waals surface area contributed by atoms with Crippen molar-refractivity contribution in [2.24, 2.45) is 11.5 Å². The fourth-order valence-electron chi connectivity index (χ4n) is 0. The van der Waals surface area contributed by atoms with Gasteiger partial charge in [0.25, 0.3) is 0 Å². The minimum atomic E-state index is -4.67. The number of rotatable bonds is 0. The topological polar surface area (TPSA) is 198 Å². The van der Waals surface area contributed by atoms with E-state index in [-0.39, 0.29) is 5.96 Å². The van der Waals surface area contributed by atoms with E-state index in [1.807, 2.05) is 0 Å². The SMILES string of the molecule is N#CC#N.N=C(N)N.O=S(=O)(O)O. The number of nitrogens with one attached hydrogen (secondary N) is 1. The smallest absolute Gasteiger partial charge is 0.370 e. The number of guanidine groups is 1. The van der Waals surface area contributed by atoms with Gasteiger partial charge in [-0.2, -0.15) is 18.9 Å². The Morgan fingerprint density at radius 2 is 1.31 bits per heavy atom. The van der Waals surface area contributed by atoms with Crippen LogP contribution in [0.15, 0.2) is 0 Å². The summed E-state index contributed by atoms with van der Waals surface area (Å²) in [4.78, 5) is 0. The molecule has 0 fully saturated rings. The summed E-state index contributed by atoms with van der Waals surface area (Å²) in [5.41, 5.74) is 8.94. The summed E-state index contributed by atoms with van der Waals surface area (Å²) in [7, 11) is -4.67. The third kappa shape index (κ3) is 862. The van der Waals surface area contributed by atoms with E-state index in [4.69, 9.17) is 33.5 Å². The highest BCUT2D eigenvalue weighted by Gasteiger charge is 1.84. The molecule has 0 aliphatic heterocycles. The van der Waals surface area contributed by atoms with Gasteiger partial charge in [0.1, 0.15) is 0 Å². The second kappa shape index (κ2) is 10.1. The Kier molecular flexibility index (Phi) is 13.4. The molecule has 0 amide bonds. The fraction of sp³-hybridized carbons (Fsp3) is 0. The van der Waals surface area contributed by atoms with Gasteiger partial charge in [-0.3, -0.25) is 14.5 Å². The Morgan fingerprint density at radius 1 is 1.23 bits per heavy atom. The minimum Gasteiger partial charge on any atom is -0.370 e. The monoisotopic (exact) mass is 209 g/mol. The fourth-order valence-corrected chi connectivity index (χ4v) is 0. The zero-order chi connectivity index (χ0) is 11.5. The van der Waals surface area contributed by atoms with Crippen LogP contribution in [0.25, 0.3) is 0 Å². The van der Waals surface area contributed by atoms with Crippen molar-refractivity contribution in [3.8, 4) is 12.1 Å². The van der Waals surface area contributed by atoms with E-state index >= 15 is 0 Å². The van der Waals surface area contributed by atoms with E-state index in [1.54, 1.807) is 0 Å². The molecule has 0 saturated carbocycles. The zero-order valence-electron chi connectivity index (χ0n) is 6.17. The molecular formula is C3H7N5O4S. The Morgan fingerprint density at radius 3 is 1.31 bits per heavy atom. The summed E-state index contributed by atoms with van der Waals surface area (Å²) in [6.45, 7) is 0. The Balaban J connectivity index is -0.000000117. The predicted octanol–water partition coefficient (Wildman–Crippen LogP) is -1.78. The van der Waals surface area contributed by atoms with E-state index in [0.29, 0.717) is 0 Å². The maximum atomic E-state index is 8.74. The molecule has 0 spiro atoms. The number of nitrogens with zero attached hydrogens (tertiary/aromatic N) is 2. The van der Waals surface area contributed by atoms with Crippen molar-refractivity contribution in [2.45, 2.75) is 0 Å². The molecule has 10 heteroatoms. The maximum Gasteiger partial charge on any atom is 0.394 e. The number of hydrogen-bond donors (Lipinski definition) is 5. The standard InChI is InChI=1S/C2N2.CH5N3.H2O4S/c3-1-2-4;2-1(3)4;1-5(2,3)4/h;(H5,2,3,4);(H2,1,2,3,4). The van der Waals surface area contributed by atoms with Crippen molar-refractivity contribution in [3.05, 3.63) is 0 Å². The third-order valence-corrected chi connectivity index (χ3v) is 0.0500. The number of nitrogens with two attached hydrogens (primary N) is 2. The highest BCUT2D eigenvalue weighted by molar-refractivity contribution is 7.79. The molecule has 0 bridgehead atoms. The second-order valence-electron chi connectivity index (χ2n) is 1.13. The molecular weight excluding hydrogens is 202 g/mol. The van der Waals surface area contributed by atoms with Gasteiger partial charge in [-0.1, -0.05) is 0 Å². The minimum absolute atomic E-state index is 0.333. The lowest BCUT2D eigenvalue weighted by molar-refractivity contribution is 0.381. The van der Waals surface area contributed by atoms with E-state index in [0.717, 1.165) is 0 Å². The quantitative estimate of drug-likeness (QED) is 0.175. The molecule has 0 unspecified atom stereocenters. The summed E-state index contributed by atoms with van der Waals surface area (Å²) in [5, 5.41) is 20.6. The van der Waals surface area contributed by atoms with Crippen LogP contribution >= 0.6 is 0 Å². The lowest BCUT2D eigenvalue weighted by Gasteiger charge is -1.69. The van der Waals surface area contributed by atoms with E-state index in [2.05, 4.69) is 11.5 Å².